The van der Waals surface area contributed by atoms with E-state index >= 15 is 0 Å². The first-order valence-electron chi connectivity index (χ1n) is 5.84. The minimum Gasteiger partial charge on any atom is -0.481 e. The maximum absolute atomic E-state index is 13.7. The average molecular weight is 288 g/mol. The van der Waals surface area contributed by atoms with Crippen LogP contribution in [-0.4, -0.2) is 22.0 Å². The van der Waals surface area contributed by atoms with Crippen LogP contribution in [-0.2, 0) is 4.79 Å². The van der Waals surface area contributed by atoms with E-state index in [1.807, 2.05) is 0 Å². The molecule has 1 rings (SSSR count). The Balaban J connectivity index is 3.07. The number of halogens is 2. The molecule has 0 aromatic heterocycles. The van der Waals surface area contributed by atoms with E-state index < -0.39 is 39.9 Å². The molecule has 0 aliphatic rings. The Labute approximate surface area is 113 Å². The summed E-state index contributed by atoms with van der Waals surface area (Å²) < 4.78 is 27.4. The van der Waals surface area contributed by atoms with Crippen LogP contribution in [0.2, 0.25) is 0 Å². The molecule has 2 N–H and O–H groups in total. The summed E-state index contributed by atoms with van der Waals surface area (Å²) in [6.07, 6.45) is -0.326. The van der Waals surface area contributed by atoms with E-state index in [1.54, 1.807) is 13.8 Å². The smallest absolute Gasteiger partial charge is 0.305 e. The molecule has 0 radical (unpaired) electrons. The normalized spacial score (nSPS) is 12.2. The van der Waals surface area contributed by atoms with E-state index in [4.69, 9.17) is 5.11 Å². The van der Waals surface area contributed by atoms with E-state index in [2.05, 4.69) is 5.32 Å². The van der Waals surface area contributed by atoms with Crippen molar-refractivity contribution < 1.29 is 23.6 Å². The summed E-state index contributed by atoms with van der Waals surface area (Å²) in [6, 6.07) is 0.477. The third kappa shape index (κ3) is 3.87. The molecule has 0 spiro atoms. The van der Waals surface area contributed by atoms with Gasteiger partial charge >= 0.3 is 5.97 Å². The second-order valence-corrected chi connectivity index (χ2v) is 4.63. The van der Waals surface area contributed by atoms with Crippen molar-refractivity contribution in [3.8, 4) is 0 Å². The summed E-state index contributed by atoms with van der Waals surface area (Å²) in [6.45, 7) is 3.39. The number of hydrogen-bond donors (Lipinski definition) is 2. The average Bonchev–Trinajstić information content (AvgIpc) is 2.30. The van der Waals surface area contributed by atoms with E-state index in [0.717, 1.165) is 0 Å². The minimum absolute atomic E-state index is 0.194. The SMILES string of the molecule is CC(C)C(CC(=O)O)Nc1c(F)cc([N+](=O)[O-])cc1F. The Hall–Kier alpha value is -2.25. The van der Waals surface area contributed by atoms with Crippen LogP contribution in [0.3, 0.4) is 0 Å². The number of non-ortho nitro benzene ring substituents is 1. The molecule has 6 nitrogen and oxygen atoms in total. The van der Waals surface area contributed by atoms with Crippen LogP contribution >= 0.6 is 0 Å². The summed E-state index contributed by atoms with van der Waals surface area (Å²) >= 11 is 0. The fourth-order valence-corrected chi connectivity index (χ4v) is 1.63. The number of nitrogens with one attached hydrogen (secondary N) is 1. The molecule has 0 saturated heterocycles. The number of carbonyl (C=O) groups is 1. The van der Waals surface area contributed by atoms with Gasteiger partial charge in [0.2, 0.25) is 0 Å². The molecule has 1 atom stereocenters. The number of carboxylic acids is 1. The molecule has 1 unspecified atom stereocenters. The first-order valence-corrected chi connectivity index (χ1v) is 5.84. The molecule has 0 heterocycles. The van der Waals surface area contributed by atoms with Gasteiger partial charge in [0.15, 0.2) is 11.6 Å². The predicted molar refractivity (Wildman–Crippen MR) is 67.5 cm³/mol. The Kier molecular flexibility index (Phi) is 4.95. The van der Waals surface area contributed by atoms with E-state index in [0.29, 0.717) is 12.1 Å². The molecular weight excluding hydrogens is 274 g/mol. The predicted octanol–water partition coefficient (Wildman–Crippen LogP) is 2.78. The van der Waals surface area contributed by atoms with Gasteiger partial charge in [-0.2, -0.15) is 0 Å². The first kappa shape index (κ1) is 15.8. The molecule has 110 valence electrons. The van der Waals surface area contributed by atoms with Crippen LogP contribution in [0, 0.1) is 27.7 Å². The van der Waals surface area contributed by atoms with Crippen molar-refractivity contribution in [1.29, 1.82) is 0 Å². The fourth-order valence-electron chi connectivity index (χ4n) is 1.63. The summed E-state index contributed by atoms with van der Waals surface area (Å²) in [5.74, 6) is -3.57. The molecule has 0 saturated carbocycles. The highest BCUT2D eigenvalue weighted by molar-refractivity contribution is 5.68. The van der Waals surface area contributed by atoms with Gasteiger partial charge in [0.1, 0.15) is 5.69 Å². The van der Waals surface area contributed by atoms with Gasteiger partial charge in [-0.1, -0.05) is 13.8 Å². The van der Waals surface area contributed by atoms with Crippen molar-refractivity contribution in [2.75, 3.05) is 5.32 Å². The molecule has 0 fully saturated rings. The number of aliphatic carboxylic acids is 1. The summed E-state index contributed by atoms with van der Waals surface area (Å²) in [7, 11) is 0. The number of carboxylic acid groups (broad SMARTS) is 1. The van der Waals surface area contributed by atoms with Gasteiger partial charge in [-0.05, 0) is 5.92 Å². The van der Waals surface area contributed by atoms with Crippen LogP contribution in [0.25, 0.3) is 0 Å². The molecule has 0 amide bonds. The van der Waals surface area contributed by atoms with Gasteiger partial charge in [0, 0.05) is 6.04 Å². The van der Waals surface area contributed by atoms with Crippen LogP contribution in [0.5, 0.6) is 0 Å². The van der Waals surface area contributed by atoms with Crippen LogP contribution in [0.15, 0.2) is 12.1 Å². The van der Waals surface area contributed by atoms with Crippen LogP contribution in [0.4, 0.5) is 20.2 Å². The fraction of sp³-hybridized carbons (Fsp3) is 0.417. The second kappa shape index (κ2) is 6.27. The second-order valence-electron chi connectivity index (χ2n) is 4.63. The molecule has 20 heavy (non-hydrogen) atoms. The lowest BCUT2D eigenvalue weighted by molar-refractivity contribution is -0.385. The Morgan fingerprint density at radius 1 is 1.40 bits per heavy atom. The molecule has 0 bridgehead atoms. The summed E-state index contributed by atoms with van der Waals surface area (Å²) in [5, 5.41) is 21.7. The highest BCUT2D eigenvalue weighted by Gasteiger charge is 2.22. The highest BCUT2D eigenvalue weighted by Crippen LogP contribution is 2.26. The largest absolute Gasteiger partial charge is 0.481 e. The summed E-state index contributed by atoms with van der Waals surface area (Å²) in [5.41, 5.74) is -1.26. The van der Waals surface area contributed by atoms with Crippen molar-refractivity contribution in [3.05, 3.63) is 33.9 Å². The van der Waals surface area contributed by atoms with Crippen LogP contribution in [0.1, 0.15) is 20.3 Å². The van der Waals surface area contributed by atoms with E-state index in [1.165, 1.54) is 0 Å². The monoisotopic (exact) mass is 288 g/mol. The topological polar surface area (TPSA) is 92.5 Å². The maximum atomic E-state index is 13.7. The number of rotatable bonds is 6. The van der Waals surface area contributed by atoms with Crippen molar-refractivity contribution in [1.82, 2.24) is 0 Å². The first-order chi connectivity index (χ1) is 9.22. The summed E-state index contributed by atoms with van der Waals surface area (Å²) in [4.78, 5) is 20.3. The van der Waals surface area contributed by atoms with Crippen molar-refractivity contribution in [3.63, 3.8) is 0 Å². The lowest BCUT2D eigenvalue weighted by Crippen LogP contribution is -2.29. The standard InChI is InChI=1S/C12H14F2N2O4/c1-6(2)10(5-11(17)18)15-12-8(13)3-7(16(19)20)4-9(12)14/h3-4,6,10,15H,5H2,1-2H3,(H,17,18). The lowest BCUT2D eigenvalue weighted by atomic mass is 10.0. The zero-order valence-electron chi connectivity index (χ0n) is 10.9. The zero-order chi connectivity index (χ0) is 15.4. The molecule has 0 aliphatic heterocycles. The number of hydrogen-bond acceptors (Lipinski definition) is 4. The number of nitrogens with zero attached hydrogens (tertiary/aromatic N) is 1. The van der Waals surface area contributed by atoms with Gasteiger partial charge in [-0.3, -0.25) is 14.9 Å². The Morgan fingerprint density at radius 3 is 2.25 bits per heavy atom. The molecule has 0 aliphatic carbocycles. The maximum Gasteiger partial charge on any atom is 0.305 e. The van der Waals surface area contributed by atoms with E-state index in [9.17, 15) is 23.7 Å². The van der Waals surface area contributed by atoms with Crippen molar-refractivity contribution in [2.24, 2.45) is 5.92 Å². The number of benzene rings is 1. The number of nitro benzene ring substituents is 1. The van der Waals surface area contributed by atoms with Crippen molar-refractivity contribution >= 4 is 17.3 Å². The number of nitro groups is 1. The van der Waals surface area contributed by atoms with Gasteiger partial charge < -0.3 is 10.4 Å². The minimum atomic E-state index is -1.13. The molecule has 1 aromatic carbocycles. The molecule has 1 aromatic rings. The highest BCUT2D eigenvalue weighted by atomic mass is 19.1. The quantitative estimate of drug-likeness (QED) is 0.620. The third-order valence-corrected chi connectivity index (χ3v) is 2.77. The van der Waals surface area contributed by atoms with E-state index in [-0.39, 0.29) is 12.3 Å². The van der Waals surface area contributed by atoms with Gasteiger partial charge in [-0.15, -0.1) is 0 Å². The zero-order valence-corrected chi connectivity index (χ0v) is 10.9. The lowest BCUT2D eigenvalue weighted by Gasteiger charge is -2.22. The molecular formula is C12H14F2N2O4. The third-order valence-electron chi connectivity index (χ3n) is 2.77. The van der Waals surface area contributed by atoms with Crippen molar-refractivity contribution in [2.45, 2.75) is 26.3 Å². The Morgan fingerprint density at radius 2 is 1.90 bits per heavy atom. The molecule has 8 heteroatoms. The van der Waals surface area contributed by atoms with Crippen LogP contribution < -0.4 is 5.32 Å². The van der Waals surface area contributed by atoms with Gasteiger partial charge in [-0.25, -0.2) is 8.78 Å². The Bertz CT molecular complexity index is 511. The number of anilines is 1. The van der Waals surface area contributed by atoms with Gasteiger partial charge in [0.25, 0.3) is 5.69 Å². The van der Waals surface area contributed by atoms with Gasteiger partial charge in [0.05, 0.1) is 23.5 Å².